The van der Waals surface area contributed by atoms with Crippen LogP contribution in [0, 0.1) is 0 Å². The van der Waals surface area contributed by atoms with E-state index < -0.39 is 24.5 Å². The minimum Gasteiger partial charge on any atom is -0.426 e. The van der Waals surface area contributed by atoms with Gasteiger partial charge in [-0.1, -0.05) is 129 Å². The fourth-order valence-electron chi connectivity index (χ4n) is 5.57. The van der Waals surface area contributed by atoms with Crippen molar-refractivity contribution in [3.05, 3.63) is 48.5 Å². The third kappa shape index (κ3) is 20.7. The van der Waals surface area contributed by atoms with E-state index in [0.29, 0.717) is 11.5 Å². The van der Waals surface area contributed by atoms with Gasteiger partial charge in [-0.05, 0) is 61.4 Å². The van der Waals surface area contributed by atoms with Crippen molar-refractivity contribution in [2.45, 2.75) is 155 Å². The topological polar surface area (TPSA) is 96.9 Å². The highest BCUT2D eigenvalue weighted by atomic mass is 16.6. The molecule has 2 aromatic carbocycles. The molecule has 2 rings (SSSR count). The summed E-state index contributed by atoms with van der Waals surface area (Å²) < 4.78 is 10.6. The molecular weight excluding hydrogens is 588 g/mol. The van der Waals surface area contributed by atoms with Gasteiger partial charge in [0.15, 0.2) is 6.10 Å². The van der Waals surface area contributed by atoms with Crippen LogP contribution in [-0.2, 0) is 9.59 Å². The maximum atomic E-state index is 12.4. The minimum absolute atomic E-state index is 0.313. The smallest absolute Gasteiger partial charge is 0.340 e. The highest BCUT2D eigenvalue weighted by Crippen LogP contribution is 2.19. The first-order chi connectivity index (χ1) is 23.0. The number of aliphatic hydroxyl groups is 1. The van der Waals surface area contributed by atoms with E-state index in [1.165, 1.54) is 116 Å². The molecule has 0 amide bonds. The molecule has 264 valence electrons. The molecule has 47 heavy (non-hydrogen) atoms. The highest BCUT2D eigenvalue weighted by Gasteiger charge is 2.22. The van der Waals surface area contributed by atoms with E-state index >= 15 is 0 Å². The maximum Gasteiger partial charge on any atom is 0.340 e. The fraction of sp³-hybridized carbons (Fsp3) is 0.650. The highest BCUT2D eigenvalue weighted by molar-refractivity contribution is 5.83. The van der Waals surface area contributed by atoms with Crippen LogP contribution < -0.4 is 20.1 Å². The van der Waals surface area contributed by atoms with Crippen LogP contribution in [0.4, 0.5) is 11.4 Å². The summed E-state index contributed by atoms with van der Waals surface area (Å²) in [5, 5.41) is 17.0. The lowest BCUT2D eigenvalue weighted by atomic mass is 10.1. The zero-order chi connectivity index (χ0) is 33.8. The van der Waals surface area contributed by atoms with Crippen LogP contribution in [0.3, 0.4) is 0 Å². The van der Waals surface area contributed by atoms with Crippen molar-refractivity contribution in [3.8, 4) is 11.5 Å². The summed E-state index contributed by atoms with van der Waals surface area (Å²) >= 11 is 0. The molecule has 0 aromatic heterocycles. The van der Waals surface area contributed by atoms with E-state index in [0.717, 1.165) is 37.3 Å². The summed E-state index contributed by atoms with van der Waals surface area (Å²) in [5.41, 5.74) is 1.91. The number of rotatable bonds is 29. The first kappa shape index (κ1) is 40.1. The van der Waals surface area contributed by atoms with Gasteiger partial charge in [-0.2, -0.15) is 0 Å². The third-order valence-electron chi connectivity index (χ3n) is 8.51. The van der Waals surface area contributed by atoms with E-state index in [1.807, 2.05) is 24.3 Å². The number of esters is 2. The lowest BCUT2D eigenvalue weighted by Gasteiger charge is -2.12. The van der Waals surface area contributed by atoms with Crippen molar-refractivity contribution in [2.75, 3.05) is 23.7 Å². The molecular formula is C40H64N2O5. The molecule has 0 saturated carbocycles. The van der Waals surface area contributed by atoms with Crippen LogP contribution in [0.2, 0.25) is 0 Å². The van der Waals surface area contributed by atoms with Crippen molar-refractivity contribution < 1.29 is 24.2 Å². The van der Waals surface area contributed by atoms with E-state index in [2.05, 4.69) is 24.5 Å². The molecule has 1 unspecified atom stereocenters. The van der Waals surface area contributed by atoms with E-state index in [4.69, 9.17) is 9.47 Å². The first-order valence-corrected chi connectivity index (χ1v) is 18.8. The molecule has 7 nitrogen and oxygen atoms in total. The molecule has 0 bridgehead atoms. The quantitative estimate of drug-likeness (QED) is 0.0457. The average molecular weight is 653 g/mol. The summed E-state index contributed by atoms with van der Waals surface area (Å²) in [5.74, 6) is -0.916. The third-order valence-corrected chi connectivity index (χ3v) is 8.51. The zero-order valence-electron chi connectivity index (χ0n) is 29.5. The Bertz CT molecular complexity index is 1060. The number of carbonyl (C=O) groups excluding carboxylic acids is 2. The molecule has 3 N–H and O–H groups in total. The summed E-state index contributed by atoms with van der Waals surface area (Å²) in [7, 11) is 0. The van der Waals surface area contributed by atoms with Gasteiger partial charge in [-0.15, -0.1) is 0 Å². The molecule has 1 atom stereocenters. The lowest BCUT2D eigenvalue weighted by molar-refractivity contribution is -0.149. The molecule has 0 heterocycles. The number of hydrogen-bond donors (Lipinski definition) is 3. The lowest BCUT2D eigenvalue weighted by Crippen LogP contribution is -2.29. The van der Waals surface area contributed by atoms with Gasteiger partial charge in [-0.25, -0.2) is 4.79 Å². The Hall–Kier alpha value is -3.06. The predicted molar refractivity (Wildman–Crippen MR) is 195 cm³/mol. The SMILES string of the molecule is CCCCCCCCCCCCNc1ccc(OC(=O)CC(O)C(=O)Oc2ccc(NCCCCCCCCCCCC)cc2)cc1. The minimum atomic E-state index is -1.61. The molecule has 7 heteroatoms. The Morgan fingerprint density at radius 1 is 0.532 bits per heavy atom. The van der Waals surface area contributed by atoms with Gasteiger partial charge in [0.25, 0.3) is 0 Å². The van der Waals surface area contributed by atoms with Crippen molar-refractivity contribution >= 4 is 23.3 Å². The Labute approximate surface area is 285 Å². The second-order valence-electron chi connectivity index (χ2n) is 12.9. The monoisotopic (exact) mass is 652 g/mol. The number of aliphatic hydroxyl groups excluding tert-OH is 1. The summed E-state index contributed by atoms with van der Waals surface area (Å²) in [6.45, 7) is 6.31. The number of anilines is 2. The van der Waals surface area contributed by atoms with Gasteiger partial charge >= 0.3 is 11.9 Å². The van der Waals surface area contributed by atoms with Crippen LogP contribution in [0.5, 0.6) is 11.5 Å². The van der Waals surface area contributed by atoms with Crippen LogP contribution in [0.25, 0.3) is 0 Å². The molecule has 0 aliphatic carbocycles. The molecule has 0 aliphatic heterocycles. The van der Waals surface area contributed by atoms with E-state index in [1.54, 1.807) is 24.3 Å². The Morgan fingerprint density at radius 3 is 1.26 bits per heavy atom. The normalized spacial score (nSPS) is 11.6. The van der Waals surface area contributed by atoms with Gasteiger partial charge in [0.05, 0.1) is 6.42 Å². The molecule has 0 saturated heterocycles. The maximum absolute atomic E-state index is 12.4. The summed E-state index contributed by atoms with van der Waals surface area (Å²) in [6.07, 6.45) is 24.1. The fourth-order valence-corrected chi connectivity index (χ4v) is 5.57. The molecule has 0 aliphatic rings. The van der Waals surface area contributed by atoms with Gasteiger partial charge in [0.1, 0.15) is 11.5 Å². The second kappa shape index (κ2) is 26.9. The van der Waals surface area contributed by atoms with Crippen LogP contribution >= 0.6 is 0 Å². The second-order valence-corrected chi connectivity index (χ2v) is 12.9. The van der Waals surface area contributed by atoms with Crippen molar-refractivity contribution in [1.29, 1.82) is 0 Å². The molecule has 0 spiro atoms. The van der Waals surface area contributed by atoms with Gasteiger partial charge in [-0.3, -0.25) is 4.79 Å². The Balaban J connectivity index is 1.53. The van der Waals surface area contributed by atoms with Crippen molar-refractivity contribution in [3.63, 3.8) is 0 Å². The number of hydrogen-bond acceptors (Lipinski definition) is 7. The van der Waals surface area contributed by atoms with Gasteiger partial charge in [0, 0.05) is 24.5 Å². The number of ether oxygens (including phenoxy) is 2. The van der Waals surface area contributed by atoms with Crippen molar-refractivity contribution in [1.82, 2.24) is 0 Å². The largest absolute Gasteiger partial charge is 0.426 e. The molecule has 0 radical (unpaired) electrons. The summed E-state index contributed by atoms with van der Waals surface area (Å²) in [6, 6.07) is 14.2. The Kier molecular flexibility index (Phi) is 23.0. The van der Waals surface area contributed by atoms with E-state index in [9.17, 15) is 14.7 Å². The van der Waals surface area contributed by atoms with Gasteiger partial charge < -0.3 is 25.2 Å². The zero-order valence-corrected chi connectivity index (χ0v) is 29.5. The summed E-state index contributed by atoms with van der Waals surface area (Å²) in [4.78, 5) is 24.7. The first-order valence-electron chi connectivity index (χ1n) is 18.8. The van der Waals surface area contributed by atoms with Crippen LogP contribution in [0.15, 0.2) is 48.5 Å². The van der Waals surface area contributed by atoms with Gasteiger partial charge in [0.2, 0.25) is 0 Å². The van der Waals surface area contributed by atoms with Crippen LogP contribution in [0.1, 0.15) is 149 Å². The predicted octanol–water partition coefficient (Wildman–Crippen LogP) is 10.6. The molecule has 0 fully saturated rings. The Morgan fingerprint density at radius 2 is 0.872 bits per heavy atom. The van der Waals surface area contributed by atoms with Crippen LogP contribution in [-0.4, -0.2) is 36.2 Å². The number of nitrogens with one attached hydrogen (secondary N) is 2. The van der Waals surface area contributed by atoms with E-state index in [-0.39, 0.29) is 0 Å². The number of carbonyl (C=O) groups is 2. The number of benzene rings is 2. The average Bonchev–Trinajstić information content (AvgIpc) is 3.07. The van der Waals surface area contributed by atoms with Crippen molar-refractivity contribution in [2.24, 2.45) is 0 Å². The number of unbranched alkanes of at least 4 members (excludes halogenated alkanes) is 18. The molecule has 2 aromatic rings. The standard InChI is InChI=1S/C40H64N2O5/c1-3-5-7-9-11-13-15-17-19-21-31-41-34-23-27-36(28-24-34)46-39(44)33-38(43)40(45)47-37-29-25-35(26-30-37)42-32-22-20-18-16-14-12-10-8-6-4-2/h23-30,38,41-43H,3-22,31-33H2,1-2H3.